The van der Waals surface area contributed by atoms with Gasteiger partial charge in [-0.05, 0) is 30.4 Å². The average Bonchev–Trinajstić information content (AvgIpc) is 2.37. The molecule has 3 nitrogen and oxygen atoms in total. The van der Waals surface area contributed by atoms with Crippen LogP contribution in [0.3, 0.4) is 0 Å². The highest BCUT2D eigenvalue weighted by atomic mass is 16.5. The number of fused-ring (bicyclic) bond motifs is 1. The second-order valence-electron chi connectivity index (χ2n) is 5.61. The van der Waals surface area contributed by atoms with Crippen molar-refractivity contribution in [3.05, 3.63) is 35.4 Å². The van der Waals surface area contributed by atoms with Crippen LogP contribution in [0.1, 0.15) is 36.5 Å². The van der Waals surface area contributed by atoms with Crippen molar-refractivity contribution < 1.29 is 9.84 Å². The number of aliphatic hydroxyl groups is 1. The lowest BCUT2D eigenvalue weighted by atomic mass is 9.90. The van der Waals surface area contributed by atoms with Crippen LogP contribution in [0, 0.1) is 0 Å². The van der Waals surface area contributed by atoms with Crippen LogP contribution in [-0.4, -0.2) is 42.4 Å². The van der Waals surface area contributed by atoms with E-state index in [1.807, 2.05) is 0 Å². The number of nitrogens with zero attached hydrogens (tertiary/aromatic N) is 1. The molecule has 1 saturated carbocycles. The highest BCUT2D eigenvalue weighted by Gasteiger charge is 2.29. The largest absolute Gasteiger partial charge is 0.395 e. The molecule has 1 aliphatic carbocycles. The van der Waals surface area contributed by atoms with E-state index in [0.717, 1.165) is 26.1 Å². The molecule has 1 aromatic rings. The highest BCUT2D eigenvalue weighted by Crippen LogP contribution is 2.31. The third-order valence-corrected chi connectivity index (χ3v) is 4.47. The molecule has 1 N–H and O–H groups in total. The summed E-state index contributed by atoms with van der Waals surface area (Å²) in [5.41, 5.74) is 2.77. The standard InChI is InChI=1S/C16H23NO2/c18-10-9-17(14-5-3-6-14)12-16-15-7-2-1-4-13(15)8-11-19-16/h1-2,4,7,14,16,18H,3,5-6,8-12H2. The number of aliphatic hydroxyl groups excluding tert-OH is 1. The second kappa shape index (κ2) is 6.04. The molecule has 0 radical (unpaired) electrons. The molecular formula is C16H23NO2. The fourth-order valence-electron chi connectivity index (χ4n) is 3.14. The van der Waals surface area contributed by atoms with Crippen molar-refractivity contribution >= 4 is 0 Å². The van der Waals surface area contributed by atoms with Crippen molar-refractivity contribution in [3.8, 4) is 0 Å². The summed E-state index contributed by atoms with van der Waals surface area (Å²) in [4.78, 5) is 2.41. The summed E-state index contributed by atoms with van der Waals surface area (Å²) in [5.74, 6) is 0. The van der Waals surface area contributed by atoms with Crippen LogP contribution >= 0.6 is 0 Å². The van der Waals surface area contributed by atoms with Crippen molar-refractivity contribution in [2.24, 2.45) is 0 Å². The van der Waals surface area contributed by atoms with Crippen molar-refractivity contribution in [2.45, 2.75) is 37.8 Å². The third kappa shape index (κ3) is 2.83. The van der Waals surface area contributed by atoms with E-state index in [1.165, 1.54) is 30.4 Å². The van der Waals surface area contributed by atoms with Gasteiger partial charge in [0.05, 0.1) is 19.3 Å². The zero-order chi connectivity index (χ0) is 13.1. The molecule has 1 fully saturated rings. The maximum atomic E-state index is 9.25. The Morgan fingerprint density at radius 2 is 2.11 bits per heavy atom. The van der Waals surface area contributed by atoms with Crippen LogP contribution in [0.2, 0.25) is 0 Å². The van der Waals surface area contributed by atoms with E-state index in [0.29, 0.717) is 6.04 Å². The van der Waals surface area contributed by atoms with Gasteiger partial charge in [0.15, 0.2) is 0 Å². The van der Waals surface area contributed by atoms with E-state index in [-0.39, 0.29) is 12.7 Å². The smallest absolute Gasteiger partial charge is 0.0954 e. The summed E-state index contributed by atoms with van der Waals surface area (Å²) in [5, 5.41) is 9.25. The molecule has 1 aromatic carbocycles. The lowest BCUT2D eigenvalue weighted by Crippen LogP contribution is -2.44. The van der Waals surface area contributed by atoms with E-state index in [2.05, 4.69) is 29.2 Å². The average molecular weight is 261 g/mol. The molecule has 0 saturated heterocycles. The Bertz CT molecular complexity index is 417. The Labute approximate surface area is 115 Å². The Balaban J connectivity index is 1.71. The maximum absolute atomic E-state index is 9.25. The van der Waals surface area contributed by atoms with Crippen LogP contribution in [-0.2, 0) is 11.2 Å². The van der Waals surface area contributed by atoms with E-state index in [4.69, 9.17) is 4.74 Å². The van der Waals surface area contributed by atoms with Gasteiger partial charge in [0.25, 0.3) is 0 Å². The van der Waals surface area contributed by atoms with E-state index in [1.54, 1.807) is 0 Å². The molecule has 104 valence electrons. The van der Waals surface area contributed by atoms with Gasteiger partial charge >= 0.3 is 0 Å². The number of ether oxygens (including phenoxy) is 1. The second-order valence-corrected chi connectivity index (χ2v) is 5.61. The van der Waals surface area contributed by atoms with Gasteiger partial charge in [-0.1, -0.05) is 30.7 Å². The van der Waals surface area contributed by atoms with E-state index >= 15 is 0 Å². The van der Waals surface area contributed by atoms with Gasteiger partial charge in [-0.25, -0.2) is 0 Å². The van der Waals surface area contributed by atoms with Gasteiger partial charge in [-0.2, -0.15) is 0 Å². The normalized spacial score (nSPS) is 23.2. The zero-order valence-corrected chi connectivity index (χ0v) is 11.4. The third-order valence-electron chi connectivity index (χ3n) is 4.47. The number of benzene rings is 1. The van der Waals surface area contributed by atoms with Gasteiger partial charge < -0.3 is 9.84 Å². The number of hydrogen-bond acceptors (Lipinski definition) is 3. The van der Waals surface area contributed by atoms with Crippen LogP contribution in [0.25, 0.3) is 0 Å². The molecule has 0 spiro atoms. The minimum absolute atomic E-state index is 0.178. The first kappa shape index (κ1) is 13.1. The lowest BCUT2D eigenvalue weighted by Gasteiger charge is -2.40. The van der Waals surface area contributed by atoms with Gasteiger partial charge in [-0.3, -0.25) is 4.90 Å². The Kier molecular flexibility index (Phi) is 4.16. The van der Waals surface area contributed by atoms with Crippen molar-refractivity contribution in [2.75, 3.05) is 26.3 Å². The molecule has 0 aromatic heterocycles. The van der Waals surface area contributed by atoms with E-state index < -0.39 is 0 Å². The van der Waals surface area contributed by atoms with Gasteiger partial charge in [0.1, 0.15) is 0 Å². The molecular weight excluding hydrogens is 238 g/mol. The topological polar surface area (TPSA) is 32.7 Å². The summed E-state index contributed by atoms with van der Waals surface area (Å²) in [6.45, 7) is 2.75. The number of hydrogen-bond donors (Lipinski definition) is 1. The first-order valence-electron chi connectivity index (χ1n) is 7.43. The lowest BCUT2D eigenvalue weighted by molar-refractivity contribution is -0.00900. The fraction of sp³-hybridized carbons (Fsp3) is 0.625. The molecule has 0 bridgehead atoms. The minimum atomic E-state index is 0.178. The summed E-state index contributed by atoms with van der Waals surface area (Å²) in [6, 6.07) is 9.27. The predicted molar refractivity (Wildman–Crippen MR) is 75.1 cm³/mol. The molecule has 1 atom stereocenters. The first-order valence-corrected chi connectivity index (χ1v) is 7.43. The maximum Gasteiger partial charge on any atom is 0.0954 e. The summed E-state index contributed by atoms with van der Waals surface area (Å²) < 4.78 is 5.98. The Morgan fingerprint density at radius 3 is 2.84 bits per heavy atom. The Morgan fingerprint density at radius 1 is 1.26 bits per heavy atom. The van der Waals surface area contributed by atoms with Crippen LogP contribution < -0.4 is 0 Å². The molecule has 3 heteroatoms. The SMILES string of the molecule is OCCN(CC1OCCc2ccccc21)C1CCC1. The summed E-state index contributed by atoms with van der Waals surface area (Å²) in [7, 11) is 0. The molecule has 0 amide bonds. The van der Waals surface area contributed by atoms with Crippen LogP contribution in [0.4, 0.5) is 0 Å². The van der Waals surface area contributed by atoms with E-state index in [9.17, 15) is 5.11 Å². The Hall–Kier alpha value is -0.900. The molecule has 1 aliphatic heterocycles. The minimum Gasteiger partial charge on any atom is -0.395 e. The van der Waals surface area contributed by atoms with Crippen LogP contribution in [0.15, 0.2) is 24.3 Å². The quantitative estimate of drug-likeness (QED) is 0.881. The highest BCUT2D eigenvalue weighted by molar-refractivity contribution is 5.31. The van der Waals surface area contributed by atoms with Gasteiger partial charge in [-0.15, -0.1) is 0 Å². The summed E-state index contributed by atoms with van der Waals surface area (Å²) in [6.07, 6.45) is 5.07. The van der Waals surface area contributed by atoms with Gasteiger partial charge in [0.2, 0.25) is 0 Å². The monoisotopic (exact) mass is 261 g/mol. The van der Waals surface area contributed by atoms with Crippen molar-refractivity contribution in [1.82, 2.24) is 4.90 Å². The predicted octanol–water partition coefficient (Wildman–Crippen LogP) is 2.15. The van der Waals surface area contributed by atoms with Gasteiger partial charge in [0, 0.05) is 19.1 Å². The van der Waals surface area contributed by atoms with Crippen LogP contribution in [0.5, 0.6) is 0 Å². The number of rotatable bonds is 5. The molecule has 1 unspecified atom stereocenters. The zero-order valence-electron chi connectivity index (χ0n) is 11.4. The van der Waals surface area contributed by atoms with Crippen molar-refractivity contribution in [1.29, 1.82) is 0 Å². The molecule has 2 aliphatic rings. The van der Waals surface area contributed by atoms with Crippen molar-refractivity contribution in [3.63, 3.8) is 0 Å². The molecule has 3 rings (SSSR count). The summed E-state index contributed by atoms with van der Waals surface area (Å²) >= 11 is 0. The molecule has 1 heterocycles. The molecule has 19 heavy (non-hydrogen) atoms. The fourth-order valence-corrected chi connectivity index (χ4v) is 3.14. The first-order chi connectivity index (χ1) is 9.38.